The van der Waals surface area contributed by atoms with Crippen molar-refractivity contribution in [2.24, 2.45) is 0 Å². The summed E-state index contributed by atoms with van der Waals surface area (Å²) in [4.78, 5) is 25.9. The molecule has 0 bridgehead atoms. The van der Waals surface area contributed by atoms with Gasteiger partial charge in [-0.3, -0.25) is 9.59 Å². The minimum absolute atomic E-state index is 0.228. The first-order chi connectivity index (χ1) is 13.5. The maximum atomic E-state index is 13.1. The molecule has 3 aromatic rings. The molecule has 0 radical (unpaired) electrons. The molecule has 0 saturated heterocycles. The smallest absolute Gasteiger partial charge is 0.267 e. The molecule has 1 aromatic heterocycles. The van der Waals surface area contributed by atoms with Gasteiger partial charge in [0.2, 0.25) is 0 Å². The van der Waals surface area contributed by atoms with E-state index in [4.69, 9.17) is 0 Å². The molecular weight excluding hydrogens is 420 g/mol. The lowest BCUT2D eigenvalue weighted by molar-refractivity contribution is 0.102. The van der Waals surface area contributed by atoms with E-state index in [0.717, 1.165) is 30.2 Å². The van der Waals surface area contributed by atoms with Crippen LogP contribution in [0.15, 0.2) is 57.8 Å². The highest BCUT2D eigenvalue weighted by Crippen LogP contribution is 2.27. The highest BCUT2D eigenvalue weighted by molar-refractivity contribution is 9.10. The highest BCUT2D eigenvalue weighted by atomic mass is 79.9. The molecule has 0 saturated carbocycles. The van der Waals surface area contributed by atoms with Gasteiger partial charge in [-0.25, -0.2) is 0 Å². The van der Waals surface area contributed by atoms with Crippen molar-refractivity contribution in [3.05, 3.63) is 68.9 Å². The number of aryl methyl sites for hydroxylation is 1. The molecule has 0 aliphatic carbocycles. The molecule has 146 valence electrons. The molecule has 6 heteroatoms. The van der Waals surface area contributed by atoms with E-state index in [1.807, 2.05) is 12.1 Å². The van der Waals surface area contributed by atoms with Crippen LogP contribution in [-0.2, 0) is 6.54 Å². The highest BCUT2D eigenvalue weighted by Gasteiger charge is 2.22. The quantitative estimate of drug-likeness (QED) is 0.487. The first-order valence-corrected chi connectivity index (χ1v) is 10.2. The van der Waals surface area contributed by atoms with Crippen molar-refractivity contribution < 1.29 is 9.90 Å². The number of aromatic nitrogens is 1. The van der Waals surface area contributed by atoms with E-state index in [2.05, 4.69) is 28.2 Å². The number of carbonyl (C=O) groups excluding carboxylic acids is 1. The van der Waals surface area contributed by atoms with Gasteiger partial charge in [-0.2, -0.15) is 0 Å². The number of amides is 1. The average molecular weight is 443 g/mol. The molecule has 1 heterocycles. The lowest BCUT2D eigenvalue weighted by atomic mass is 10.1. The normalized spacial score (nSPS) is 10.9. The fraction of sp³-hybridized carbons (Fsp3) is 0.273. The van der Waals surface area contributed by atoms with Crippen molar-refractivity contribution in [3.63, 3.8) is 0 Å². The van der Waals surface area contributed by atoms with Gasteiger partial charge >= 0.3 is 0 Å². The Morgan fingerprint density at radius 1 is 1.11 bits per heavy atom. The molecule has 0 aliphatic heterocycles. The van der Waals surface area contributed by atoms with E-state index in [-0.39, 0.29) is 11.3 Å². The zero-order chi connectivity index (χ0) is 20.1. The summed E-state index contributed by atoms with van der Waals surface area (Å²) in [6.07, 6.45) is 4.05. The maximum Gasteiger partial charge on any atom is 0.267 e. The van der Waals surface area contributed by atoms with Gasteiger partial charge < -0.3 is 15.0 Å². The maximum absolute atomic E-state index is 13.1. The van der Waals surface area contributed by atoms with Crippen molar-refractivity contribution in [2.75, 3.05) is 5.32 Å². The Balaban J connectivity index is 2.03. The van der Waals surface area contributed by atoms with Crippen molar-refractivity contribution in [3.8, 4) is 5.75 Å². The molecule has 0 fully saturated rings. The summed E-state index contributed by atoms with van der Waals surface area (Å²) in [5.41, 5.74) is 0.482. The number of aromatic hydroxyl groups is 1. The minimum atomic E-state index is -0.617. The summed E-state index contributed by atoms with van der Waals surface area (Å²) in [5, 5.41) is 13.9. The van der Waals surface area contributed by atoms with Gasteiger partial charge in [0.1, 0.15) is 11.3 Å². The Morgan fingerprint density at radius 2 is 1.89 bits per heavy atom. The van der Waals surface area contributed by atoms with Crippen LogP contribution < -0.4 is 10.9 Å². The Bertz CT molecular complexity index is 1060. The molecule has 1 amide bonds. The molecule has 28 heavy (non-hydrogen) atoms. The van der Waals surface area contributed by atoms with E-state index >= 15 is 0 Å². The Kier molecular flexibility index (Phi) is 6.52. The van der Waals surface area contributed by atoms with Crippen LogP contribution >= 0.6 is 15.9 Å². The van der Waals surface area contributed by atoms with Crippen LogP contribution in [-0.4, -0.2) is 15.6 Å². The number of unbranched alkanes of at least 4 members (excludes halogenated alkanes) is 3. The molecule has 0 unspecified atom stereocenters. The number of benzene rings is 2. The van der Waals surface area contributed by atoms with Crippen molar-refractivity contribution in [1.82, 2.24) is 4.57 Å². The van der Waals surface area contributed by atoms with Gasteiger partial charge in [0.25, 0.3) is 11.5 Å². The fourth-order valence-electron chi connectivity index (χ4n) is 3.27. The molecule has 2 aromatic carbocycles. The monoisotopic (exact) mass is 442 g/mol. The zero-order valence-electron chi connectivity index (χ0n) is 15.7. The Morgan fingerprint density at radius 3 is 2.64 bits per heavy atom. The number of nitrogens with one attached hydrogen (secondary N) is 1. The second kappa shape index (κ2) is 9.06. The predicted molar refractivity (Wildman–Crippen MR) is 116 cm³/mol. The van der Waals surface area contributed by atoms with Gasteiger partial charge in [-0.05, 0) is 36.8 Å². The molecular formula is C22H23BrN2O3. The largest absolute Gasteiger partial charge is 0.506 e. The average Bonchev–Trinajstić information content (AvgIpc) is 2.67. The number of anilines is 1. The Labute approximate surface area is 172 Å². The van der Waals surface area contributed by atoms with Crippen molar-refractivity contribution in [2.45, 2.75) is 39.2 Å². The van der Waals surface area contributed by atoms with Crippen molar-refractivity contribution in [1.29, 1.82) is 0 Å². The van der Waals surface area contributed by atoms with Crippen LogP contribution in [0.4, 0.5) is 5.69 Å². The van der Waals surface area contributed by atoms with E-state index < -0.39 is 11.5 Å². The van der Waals surface area contributed by atoms with E-state index in [1.165, 1.54) is 0 Å². The van der Waals surface area contributed by atoms with Gasteiger partial charge in [0.05, 0.1) is 5.52 Å². The topological polar surface area (TPSA) is 71.3 Å². The van der Waals surface area contributed by atoms with Gasteiger partial charge in [-0.1, -0.05) is 60.3 Å². The summed E-state index contributed by atoms with van der Waals surface area (Å²) < 4.78 is 2.40. The second-order valence-electron chi connectivity index (χ2n) is 6.72. The van der Waals surface area contributed by atoms with Gasteiger partial charge in [-0.15, -0.1) is 0 Å². The number of pyridine rings is 1. The first-order valence-electron chi connectivity index (χ1n) is 9.44. The number of hydrogen-bond donors (Lipinski definition) is 2. The van der Waals surface area contributed by atoms with Crippen LogP contribution in [0.25, 0.3) is 10.9 Å². The minimum Gasteiger partial charge on any atom is -0.506 e. The first kappa shape index (κ1) is 20.1. The van der Waals surface area contributed by atoms with Gasteiger partial charge in [0, 0.05) is 22.1 Å². The third-order valence-corrected chi connectivity index (χ3v) is 5.18. The number of hydrogen-bond acceptors (Lipinski definition) is 3. The summed E-state index contributed by atoms with van der Waals surface area (Å²) in [6, 6.07) is 14.2. The zero-order valence-corrected chi connectivity index (χ0v) is 17.3. The SMILES string of the molecule is CCCCCCn1c(=O)c(C(=O)Nc2cccc(Br)c2)c(O)c2ccccc21. The molecule has 2 N–H and O–H groups in total. The van der Waals surface area contributed by atoms with Crippen LogP contribution in [0, 0.1) is 0 Å². The summed E-state index contributed by atoms with van der Waals surface area (Å²) in [6.45, 7) is 2.64. The second-order valence-corrected chi connectivity index (χ2v) is 7.64. The van der Waals surface area contributed by atoms with Crippen LogP contribution in [0.3, 0.4) is 0 Å². The van der Waals surface area contributed by atoms with Crippen LogP contribution in [0.5, 0.6) is 5.75 Å². The van der Waals surface area contributed by atoms with E-state index in [9.17, 15) is 14.7 Å². The lowest BCUT2D eigenvalue weighted by Gasteiger charge is -2.15. The number of halogens is 1. The van der Waals surface area contributed by atoms with Crippen LogP contribution in [0.2, 0.25) is 0 Å². The summed E-state index contributed by atoms with van der Waals surface area (Å²) in [5.74, 6) is -0.897. The summed E-state index contributed by atoms with van der Waals surface area (Å²) >= 11 is 3.36. The van der Waals surface area contributed by atoms with Crippen LogP contribution in [0.1, 0.15) is 43.0 Å². The molecule has 5 nitrogen and oxygen atoms in total. The number of rotatable bonds is 7. The predicted octanol–water partition coefficient (Wildman–Crippen LogP) is 5.30. The van der Waals surface area contributed by atoms with Gasteiger partial charge in [0.15, 0.2) is 0 Å². The fourth-order valence-corrected chi connectivity index (χ4v) is 3.67. The number of fused-ring (bicyclic) bond motifs is 1. The number of carbonyl (C=O) groups is 1. The third-order valence-electron chi connectivity index (χ3n) is 4.69. The van der Waals surface area contributed by atoms with E-state index in [1.54, 1.807) is 41.0 Å². The molecule has 0 spiro atoms. The standard InChI is InChI=1S/C22H23BrN2O3/c1-2-3-4-7-13-25-18-12-6-5-11-17(18)20(26)19(22(25)28)21(27)24-16-10-8-9-15(23)14-16/h5-6,8-12,14,26H,2-4,7,13H2,1H3,(H,24,27). The number of para-hydroxylation sites is 1. The lowest BCUT2D eigenvalue weighted by Crippen LogP contribution is -2.30. The number of nitrogens with zero attached hydrogens (tertiary/aromatic N) is 1. The van der Waals surface area contributed by atoms with Crippen molar-refractivity contribution >= 4 is 38.4 Å². The summed E-state index contributed by atoms with van der Waals surface area (Å²) in [7, 11) is 0. The molecule has 0 atom stereocenters. The third kappa shape index (κ3) is 4.28. The molecule has 0 aliphatic rings. The Hall–Kier alpha value is -2.60. The van der Waals surface area contributed by atoms with E-state index in [0.29, 0.717) is 23.1 Å². The molecule has 3 rings (SSSR count).